The number of aromatic nitrogens is 1. The molecule has 0 radical (unpaired) electrons. The first-order chi connectivity index (χ1) is 12.5. The third-order valence-corrected chi connectivity index (χ3v) is 5.28. The molecule has 1 aromatic carbocycles. The number of nitrogens with zero attached hydrogens (tertiary/aromatic N) is 1. The van der Waals surface area contributed by atoms with E-state index in [-0.39, 0.29) is 0 Å². The normalized spacial score (nSPS) is 12.8. The van der Waals surface area contributed by atoms with Crippen molar-refractivity contribution in [3.8, 4) is 11.1 Å². The van der Waals surface area contributed by atoms with E-state index in [1.807, 2.05) is 24.5 Å². The molecule has 1 aromatic heterocycles. The molecule has 2 rings (SSSR count). The van der Waals surface area contributed by atoms with Crippen molar-refractivity contribution in [2.45, 2.75) is 52.4 Å². The van der Waals surface area contributed by atoms with E-state index in [0.29, 0.717) is 11.8 Å². The second-order valence-electron chi connectivity index (χ2n) is 7.10. The van der Waals surface area contributed by atoms with Gasteiger partial charge in [-0.2, -0.15) is 0 Å². The second kappa shape index (κ2) is 9.85. The fourth-order valence-electron chi connectivity index (χ4n) is 3.49. The van der Waals surface area contributed by atoms with Gasteiger partial charge >= 0.3 is 168 Å². The van der Waals surface area contributed by atoms with E-state index in [1.54, 1.807) is 0 Å². The molecule has 1 nitrogen and oxygen atoms in total. The molecular formula is C24H29NV. The average Bonchev–Trinajstić information content (AvgIpc) is 2.65. The molecule has 0 aliphatic heterocycles. The molecule has 2 aromatic rings. The molecule has 0 N–H and O–H groups in total. The Labute approximate surface area is 167 Å². The molecule has 135 valence electrons. The summed E-state index contributed by atoms with van der Waals surface area (Å²) in [6, 6.07) is 9.08. The quantitative estimate of drug-likeness (QED) is 0.463. The molecule has 0 aliphatic carbocycles. The average molecular weight is 382 g/mol. The Morgan fingerprint density at radius 1 is 1.19 bits per heavy atom. The van der Waals surface area contributed by atoms with Crippen molar-refractivity contribution in [2.75, 3.05) is 0 Å². The second-order valence-corrected chi connectivity index (χ2v) is 7.50. The Balaban J connectivity index is 2.63. The standard InChI is InChI=1S/C24H29N.V/c1-7-9-18(5)23-15-20(11-12-21(23)17(3)4)22-13-14-25-16-24(22)19(6)10-8-2;/h6,8,10-18H,2,7,9H2,1,3-5H3;/b19-10+;. The van der Waals surface area contributed by atoms with Crippen molar-refractivity contribution < 1.29 is 17.0 Å². The molecule has 0 spiro atoms. The zero-order chi connectivity index (χ0) is 19.1. The number of benzene rings is 1. The van der Waals surface area contributed by atoms with Crippen molar-refractivity contribution in [3.05, 3.63) is 72.1 Å². The summed E-state index contributed by atoms with van der Waals surface area (Å²) in [5.74, 6) is 1.10. The van der Waals surface area contributed by atoms with Gasteiger partial charge in [-0.3, -0.25) is 0 Å². The van der Waals surface area contributed by atoms with Crippen LogP contribution in [0.4, 0.5) is 0 Å². The van der Waals surface area contributed by atoms with Gasteiger partial charge in [0, 0.05) is 0 Å². The van der Waals surface area contributed by atoms with Gasteiger partial charge in [0.1, 0.15) is 0 Å². The zero-order valence-electron chi connectivity index (χ0n) is 16.4. The van der Waals surface area contributed by atoms with Crippen molar-refractivity contribution in [3.63, 3.8) is 0 Å². The van der Waals surface area contributed by atoms with E-state index in [9.17, 15) is 0 Å². The van der Waals surface area contributed by atoms with E-state index in [2.05, 4.69) is 85.2 Å². The first-order valence-corrected chi connectivity index (χ1v) is 10.2. The zero-order valence-corrected chi connectivity index (χ0v) is 17.8. The summed E-state index contributed by atoms with van der Waals surface area (Å²) >= 11 is 2.53. The Morgan fingerprint density at radius 2 is 1.96 bits per heavy atom. The molecule has 1 unspecified atom stereocenters. The molecule has 2 heteroatoms. The predicted molar refractivity (Wildman–Crippen MR) is 111 cm³/mol. The Bertz CT molecular complexity index is 802. The Morgan fingerprint density at radius 3 is 2.58 bits per heavy atom. The fourth-order valence-corrected chi connectivity index (χ4v) is 3.84. The van der Waals surface area contributed by atoms with Gasteiger partial charge in [0.2, 0.25) is 0 Å². The predicted octanol–water partition coefficient (Wildman–Crippen LogP) is 6.69. The minimum absolute atomic E-state index is 0.535. The van der Waals surface area contributed by atoms with E-state index in [4.69, 9.17) is 0 Å². The molecule has 0 saturated heterocycles. The minimum atomic E-state index is 0.535. The van der Waals surface area contributed by atoms with Crippen LogP contribution in [0.2, 0.25) is 0 Å². The number of pyridine rings is 1. The Hall–Kier alpha value is -1.70. The number of rotatable bonds is 8. The molecular weight excluding hydrogens is 353 g/mol. The van der Waals surface area contributed by atoms with E-state index < -0.39 is 0 Å². The van der Waals surface area contributed by atoms with Crippen LogP contribution in [-0.2, 0) is 17.0 Å². The van der Waals surface area contributed by atoms with Crippen molar-refractivity contribution >= 4 is 10.3 Å². The van der Waals surface area contributed by atoms with Crippen LogP contribution in [0.25, 0.3) is 16.7 Å². The number of hydrogen-bond acceptors (Lipinski definition) is 1. The summed E-state index contributed by atoms with van der Waals surface area (Å²) in [5.41, 5.74) is 7.68. The van der Waals surface area contributed by atoms with Crippen LogP contribution in [0.3, 0.4) is 0 Å². The molecule has 1 heterocycles. The Kier molecular flexibility index (Phi) is 7.81. The van der Waals surface area contributed by atoms with E-state index >= 15 is 0 Å². The summed E-state index contributed by atoms with van der Waals surface area (Å²) in [6.45, 7) is 13.0. The first-order valence-electron chi connectivity index (χ1n) is 9.42. The maximum absolute atomic E-state index is 4.35. The van der Waals surface area contributed by atoms with E-state index in [0.717, 1.165) is 11.1 Å². The van der Waals surface area contributed by atoms with Crippen molar-refractivity contribution in [2.24, 2.45) is 0 Å². The summed E-state index contributed by atoms with van der Waals surface area (Å²) in [5, 5.41) is 0. The third kappa shape index (κ3) is 4.72. The number of hydrogen-bond donors (Lipinski definition) is 0. The molecule has 0 fully saturated rings. The molecule has 0 amide bonds. The SMILES string of the molecule is C=C/C=C(\[CH]=[V])c1cnccc1-c1ccc(C(C)C)c(C(C)CCC)c1. The molecule has 0 bridgehead atoms. The summed E-state index contributed by atoms with van der Waals surface area (Å²) < 4.78 is 2.05. The van der Waals surface area contributed by atoms with E-state index in [1.165, 1.54) is 35.1 Å². The topological polar surface area (TPSA) is 12.9 Å². The van der Waals surface area contributed by atoms with Crippen molar-refractivity contribution in [1.29, 1.82) is 0 Å². The van der Waals surface area contributed by atoms with Crippen LogP contribution >= 0.6 is 0 Å². The summed E-state index contributed by atoms with van der Waals surface area (Å²) in [4.78, 5) is 4.35. The van der Waals surface area contributed by atoms with Crippen LogP contribution in [0.5, 0.6) is 0 Å². The van der Waals surface area contributed by atoms with Crippen LogP contribution in [0.1, 0.15) is 69.1 Å². The third-order valence-electron chi connectivity index (χ3n) is 4.84. The van der Waals surface area contributed by atoms with Gasteiger partial charge in [0.25, 0.3) is 0 Å². The molecule has 0 saturated carbocycles. The molecule has 1 atom stereocenters. The molecule has 0 aliphatic rings. The van der Waals surface area contributed by atoms with Crippen LogP contribution in [0, 0.1) is 0 Å². The van der Waals surface area contributed by atoms with Gasteiger partial charge in [-0.25, -0.2) is 0 Å². The maximum atomic E-state index is 4.35. The summed E-state index contributed by atoms with van der Waals surface area (Å²) in [6.07, 6.45) is 10.1. The fraction of sp³-hybridized carbons (Fsp3) is 0.333. The first kappa shape index (κ1) is 20.6. The number of allylic oxidation sites excluding steroid dienone is 3. The monoisotopic (exact) mass is 382 g/mol. The van der Waals surface area contributed by atoms with Gasteiger partial charge < -0.3 is 0 Å². The van der Waals surface area contributed by atoms with Crippen LogP contribution in [0.15, 0.2) is 55.4 Å². The summed E-state index contributed by atoms with van der Waals surface area (Å²) in [7, 11) is 0. The van der Waals surface area contributed by atoms with Gasteiger partial charge in [-0.15, -0.1) is 0 Å². The van der Waals surface area contributed by atoms with Gasteiger partial charge in [0.05, 0.1) is 0 Å². The van der Waals surface area contributed by atoms with Crippen LogP contribution in [-0.4, -0.2) is 9.71 Å². The molecule has 26 heavy (non-hydrogen) atoms. The van der Waals surface area contributed by atoms with Gasteiger partial charge in [0.15, 0.2) is 0 Å². The van der Waals surface area contributed by atoms with Crippen LogP contribution < -0.4 is 0 Å². The van der Waals surface area contributed by atoms with Crippen molar-refractivity contribution in [1.82, 2.24) is 4.98 Å². The van der Waals surface area contributed by atoms with Gasteiger partial charge in [-0.05, 0) is 0 Å². The van der Waals surface area contributed by atoms with Gasteiger partial charge in [-0.1, -0.05) is 0 Å².